The van der Waals surface area contributed by atoms with Crippen molar-refractivity contribution in [1.82, 2.24) is 5.32 Å². The third-order valence-electron chi connectivity index (χ3n) is 3.45. The average molecular weight is 266 g/mol. The molecule has 1 saturated heterocycles. The van der Waals surface area contributed by atoms with Gasteiger partial charge in [0.15, 0.2) is 0 Å². The molecule has 0 amide bonds. The van der Waals surface area contributed by atoms with Crippen molar-refractivity contribution in [2.45, 2.75) is 19.9 Å². The summed E-state index contributed by atoms with van der Waals surface area (Å²) in [6.07, 6.45) is 0. The lowest BCUT2D eigenvalue weighted by Gasteiger charge is -2.28. The van der Waals surface area contributed by atoms with Crippen LogP contribution in [-0.4, -0.2) is 35.3 Å². The standard InChI is InChI=1S/C14H22N2OS/c1-3-15-12(2)13-4-6-14(7-5-13)16-8-10-18(17)11-9-16/h4-7,12,15H,3,8-11H2,1-2H3. The van der Waals surface area contributed by atoms with E-state index in [2.05, 4.69) is 48.3 Å². The predicted octanol–water partition coefficient (Wildman–Crippen LogP) is 1.93. The highest BCUT2D eigenvalue weighted by Crippen LogP contribution is 2.20. The molecule has 1 aromatic carbocycles. The number of anilines is 1. The van der Waals surface area contributed by atoms with E-state index in [1.807, 2.05) is 0 Å². The Morgan fingerprint density at radius 2 is 1.89 bits per heavy atom. The number of nitrogens with zero attached hydrogens (tertiary/aromatic N) is 1. The summed E-state index contributed by atoms with van der Waals surface area (Å²) in [4.78, 5) is 2.32. The van der Waals surface area contributed by atoms with E-state index in [4.69, 9.17) is 0 Å². The van der Waals surface area contributed by atoms with E-state index in [9.17, 15) is 4.21 Å². The highest BCUT2D eigenvalue weighted by Gasteiger charge is 2.15. The first-order chi connectivity index (χ1) is 8.70. The summed E-state index contributed by atoms with van der Waals surface area (Å²) in [5.74, 6) is 1.60. The molecule has 100 valence electrons. The van der Waals surface area contributed by atoms with Crippen molar-refractivity contribution in [3.63, 3.8) is 0 Å². The van der Waals surface area contributed by atoms with Gasteiger partial charge in [-0.05, 0) is 31.2 Å². The number of nitrogens with one attached hydrogen (secondary N) is 1. The van der Waals surface area contributed by atoms with Crippen LogP contribution in [0, 0.1) is 0 Å². The van der Waals surface area contributed by atoms with Gasteiger partial charge >= 0.3 is 0 Å². The van der Waals surface area contributed by atoms with Gasteiger partial charge in [-0.2, -0.15) is 0 Å². The minimum absolute atomic E-state index is 0.401. The Labute approximate surface area is 112 Å². The molecule has 0 radical (unpaired) electrons. The molecule has 4 heteroatoms. The molecule has 0 aliphatic carbocycles. The Hall–Kier alpha value is -0.870. The Morgan fingerprint density at radius 3 is 2.44 bits per heavy atom. The van der Waals surface area contributed by atoms with E-state index < -0.39 is 10.8 Å². The quantitative estimate of drug-likeness (QED) is 0.904. The maximum absolute atomic E-state index is 11.3. The highest BCUT2D eigenvalue weighted by molar-refractivity contribution is 7.85. The zero-order chi connectivity index (χ0) is 13.0. The summed E-state index contributed by atoms with van der Waals surface area (Å²) in [7, 11) is -0.601. The fraction of sp³-hybridized carbons (Fsp3) is 0.571. The average Bonchev–Trinajstić information content (AvgIpc) is 2.40. The zero-order valence-corrected chi connectivity index (χ0v) is 12.0. The van der Waals surface area contributed by atoms with Gasteiger partial charge in [-0.25, -0.2) is 0 Å². The second-order valence-corrected chi connectivity index (χ2v) is 6.40. The van der Waals surface area contributed by atoms with Crippen molar-refractivity contribution in [2.75, 3.05) is 36.0 Å². The van der Waals surface area contributed by atoms with Crippen molar-refractivity contribution in [3.05, 3.63) is 29.8 Å². The summed E-state index contributed by atoms with van der Waals surface area (Å²) in [5.41, 5.74) is 2.57. The first kappa shape index (κ1) is 13.6. The summed E-state index contributed by atoms with van der Waals surface area (Å²) < 4.78 is 11.3. The van der Waals surface area contributed by atoms with Crippen molar-refractivity contribution in [2.24, 2.45) is 0 Å². The zero-order valence-electron chi connectivity index (χ0n) is 11.2. The fourth-order valence-corrected chi connectivity index (χ4v) is 3.35. The lowest BCUT2D eigenvalue weighted by molar-refractivity contribution is 0.598. The first-order valence-corrected chi connectivity index (χ1v) is 8.12. The van der Waals surface area contributed by atoms with Crippen LogP contribution in [0.5, 0.6) is 0 Å². The molecule has 1 fully saturated rings. The van der Waals surface area contributed by atoms with Crippen LogP contribution in [0.3, 0.4) is 0 Å². The van der Waals surface area contributed by atoms with Crippen molar-refractivity contribution < 1.29 is 4.21 Å². The van der Waals surface area contributed by atoms with E-state index >= 15 is 0 Å². The Morgan fingerprint density at radius 1 is 1.28 bits per heavy atom. The van der Waals surface area contributed by atoms with Crippen LogP contribution in [-0.2, 0) is 10.8 Å². The number of hydrogen-bond donors (Lipinski definition) is 1. The largest absolute Gasteiger partial charge is 0.370 e. The smallest absolute Gasteiger partial charge is 0.0411 e. The molecule has 18 heavy (non-hydrogen) atoms. The second-order valence-electron chi connectivity index (χ2n) is 4.71. The molecule has 0 aromatic heterocycles. The Kier molecular flexibility index (Phi) is 4.78. The lowest BCUT2D eigenvalue weighted by Crippen LogP contribution is -2.37. The highest BCUT2D eigenvalue weighted by atomic mass is 32.2. The summed E-state index contributed by atoms with van der Waals surface area (Å²) in [5, 5.41) is 3.41. The molecule has 1 aromatic rings. The van der Waals surface area contributed by atoms with Gasteiger partial charge in [-0.3, -0.25) is 4.21 Å². The van der Waals surface area contributed by atoms with Crippen LogP contribution in [0.2, 0.25) is 0 Å². The summed E-state index contributed by atoms with van der Waals surface area (Å²) in [6, 6.07) is 9.13. The predicted molar refractivity (Wildman–Crippen MR) is 78.6 cm³/mol. The maximum atomic E-state index is 11.3. The molecule has 1 aliphatic heterocycles. The molecule has 0 bridgehead atoms. The Bertz CT molecular complexity index is 395. The molecule has 3 nitrogen and oxygen atoms in total. The van der Waals surface area contributed by atoms with E-state index in [0.717, 1.165) is 31.1 Å². The third kappa shape index (κ3) is 3.33. The van der Waals surface area contributed by atoms with Gasteiger partial charge in [0.05, 0.1) is 0 Å². The molecule has 1 unspecified atom stereocenters. The molecule has 1 heterocycles. The van der Waals surface area contributed by atoms with Crippen LogP contribution in [0.25, 0.3) is 0 Å². The van der Waals surface area contributed by atoms with Crippen molar-refractivity contribution in [1.29, 1.82) is 0 Å². The Balaban J connectivity index is 2.01. The molecule has 2 rings (SSSR count). The van der Waals surface area contributed by atoms with E-state index in [1.165, 1.54) is 11.3 Å². The molecule has 0 saturated carbocycles. The summed E-state index contributed by atoms with van der Waals surface area (Å²) in [6.45, 7) is 7.12. The molecule has 0 spiro atoms. The van der Waals surface area contributed by atoms with Gasteiger partial charge in [0.1, 0.15) is 0 Å². The number of benzene rings is 1. The second kappa shape index (κ2) is 6.34. The van der Waals surface area contributed by atoms with Crippen LogP contribution in [0.15, 0.2) is 24.3 Å². The molecule has 1 N–H and O–H groups in total. The van der Waals surface area contributed by atoms with Crippen LogP contribution in [0.4, 0.5) is 5.69 Å². The van der Waals surface area contributed by atoms with Gasteiger partial charge < -0.3 is 10.2 Å². The lowest BCUT2D eigenvalue weighted by atomic mass is 10.1. The number of hydrogen-bond acceptors (Lipinski definition) is 3. The first-order valence-electron chi connectivity index (χ1n) is 6.64. The third-order valence-corrected chi connectivity index (χ3v) is 4.72. The van der Waals surface area contributed by atoms with Gasteiger partial charge in [-0.1, -0.05) is 19.1 Å². The molecular weight excluding hydrogens is 244 g/mol. The minimum atomic E-state index is -0.601. The van der Waals surface area contributed by atoms with E-state index in [1.54, 1.807) is 0 Å². The summed E-state index contributed by atoms with van der Waals surface area (Å²) >= 11 is 0. The van der Waals surface area contributed by atoms with E-state index in [0.29, 0.717) is 6.04 Å². The van der Waals surface area contributed by atoms with Crippen molar-refractivity contribution >= 4 is 16.5 Å². The van der Waals surface area contributed by atoms with Crippen molar-refractivity contribution in [3.8, 4) is 0 Å². The topological polar surface area (TPSA) is 32.3 Å². The SMILES string of the molecule is CCNC(C)c1ccc(N2CCS(=O)CC2)cc1. The van der Waals surface area contributed by atoms with Gasteiger partial charge in [0.25, 0.3) is 0 Å². The van der Waals surface area contributed by atoms with Gasteiger partial charge in [0, 0.05) is 47.1 Å². The van der Waals surface area contributed by atoms with Crippen LogP contribution < -0.4 is 10.2 Å². The minimum Gasteiger partial charge on any atom is -0.370 e. The molecule has 1 aliphatic rings. The maximum Gasteiger partial charge on any atom is 0.0411 e. The van der Waals surface area contributed by atoms with Gasteiger partial charge in [-0.15, -0.1) is 0 Å². The van der Waals surface area contributed by atoms with Crippen LogP contribution in [0.1, 0.15) is 25.5 Å². The normalized spacial score (nSPS) is 18.9. The monoisotopic (exact) mass is 266 g/mol. The fourth-order valence-electron chi connectivity index (χ4n) is 2.29. The number of rotatable bonds is 4. The van der Waals surface area contributed by atoms with Crippen LogP contribution >= 0.6 is 0 Å². The molecular formula is C14H22N2OS. The van der Waals surface area contributed by atoms with E-state index in [-0.39, 0.29) is 0 Å². The van der Waals surface area contributed by atoms with Gasteiger partial charge in [0.2, 0.25) is 0 Å². The molecule has 1 atom stereocenters.